The largest absolute Gasteiger partial charge is 0.372 e. The minimum Gasteiger partial charge on any atom is -0.372 e. The van der Waals surface area contributed by atoms with Crippen molar-refractivity contribution in [3.63, 3.8) is 0 Å². The molecule has 2 unspecified atom stereocenters. The van der Waals surface area contributed by atoms with E-state index >= 15 is 0 Å². The van der Waals surface area contributed by atoms with Gasteiger partial charge >= 0.3 is 0 Å². The molecule has 3 rings (SSSR count). The van der Waals surface area contributed by atoms with Crippen molar-refractivity contribution in [1.82, 2.24) is 4.98 Å². The van der Waals surface area contributed by atoms with Crippen molar-refractivity contribution in [3.05, 3.63) is 65.0 Å². The van der Waals surface area contributed by atoms with E-state index in [-0.39, 0.29) is 12.0 Å². The molecular formula is C16H18N2O. The maximum absolute atomic E-state index is 6.40. The lowest BCUT2D eigenvalue weighted by molar-refractivity contribution is 0.134. The van der Waals surface area contributed by atoms with E-state index in [1.165, 1.54) is 22.3 Å². The van der Waals surface area contributed by atoms with E-state index in [1.807, 2.05) is 24.5 Å². The van der Waals surface area contributed by atoms with E-state index in [2.05, 4.69) is 30.1 Å². The Morgan fingerprint density at radius 3 is 2.58 bits per heavy atom. The summed E-state index contributed by atoms with van der Waals surface area (Å²) in [5, 5.41) is 0. The van der Waals surface area contributed by atoms with E-state index < -0.39 is 0 Å². The first-order valence-corrected chi connectivity index (χ1v) is 6.60. The van der Waals surface area contributed by atoms with Gasteiger partial charge < -0.3 is 10.5 Å². The summed E-state index contributed by atoms with van der Waals surface area (Å²) < 4.78 is 5.45. The first-order valence-electron chi connectivity index (χ1n) is 6.60. The molecule has 2 heterocycles. The van der Waals surface area contributed by atoms with Crippen molar-refractivity contribution in [3.8, 4) is 0 Å². The summed E-state index contributed by atoms with van der Waals surface area (Å²) in [6.45, 7) is 3.59. The Labute approximate surface area is 113 Å². The van der Waals surface area contributed by atoms with Crippen LogP contribution in [-0.4, -0.2) is 4.98 Å². The van der Waals surface area contributed by atoms with Crippen LogP contribution in [-0.2, 0) is 18.0 Å². The van der Waals surface area contributed by atoms with Crippen LogP contribution in [0.4, 0.5) is 0 Å². The average Bonchev–Trinajstić information content (AvgIpc) is 2.94. The second-order valence-electron chi connectivity index (χ2n) is 5.12. The summed E-state index contributed by atoms with van der Waals surface area (Å²) in [7, 11) is 0. The summed E-state index contributed by atoms with van der Waals surface area (Å²) in [6, 6.07) is 10.5. The Morgan fingerprint density at radius 2 is 1.79 bits per heavy atom. The standard InChI is InChI=1S/C16H18N2O/c1-11(12-4-6-18-7-5-12)16(17)13-2-3-14-9-19-10-15(14)8-13/h2-8,11,16H,9-10,17H2,1H3. The van der Waals surface area contributed by atoms with Gasteiger partial charge in [-0.05, 0) is 34.4 Å². The fourth-order valence-electron chi connectivity index (χ4n) is 2.56. The zero-order valence-corrected chi connectivity index (χ0v) is 11.0. The molecule has 0 amide bonds. The van der Waals surface area contributed by atoms with Gasteiger partial charge in [0.05, 0.1) is 13.2 Å². The van der Waals surface area contributed by atoms with Crippen molar-refractivity contribution in [2.75, 3.05) is 0 Å². The first kappa shape index (κ1) is 12.3. The molecule has 0 radical (unpaired) electrons. The van der Waals surface area contributed by atoms with Crippen molar-refractivity contribution < 1.29 is 4.74 Å². The van der Waals surface area contributed by atoms with Crippen LogP contribution < -0.4 is 5.73 Å². The number of fused-ring (bicyclic) bond motifs is 1. The molecule has 19 heavy (non-hydrogen) atoms. The zero-order valence-electron chi connectivity index (χ0n) is 11.0. The van der Waals surface area contributed by atoms with Gasteiger partial charge in [-0.25, -0.2) is 0 Å². The third-order valence-corrected chi connectivity index (χ3v) is 3.90. The summed E-state index contributed by atoms with van der Waals surface area (Å²) in [4.78, 5) is 4.05. The van der Waals surface area contributed by atoms with Gasteiger partial charge in [-0.3, -0.25) is 4.98 Å². The van der Waals surface area contributed by atoms with Crippen LogP contribution in [0.15, 0.2) is 42.7 Å². The quantitative estimate of drug-likeness (QED) is 0.916. The molecule has 0 fully saturated rings. The number of hydrogen-bond donors (Lipinski definition) is 1. The van der Waals surface area contributed by atoms with Gasteiger partial charge in [0.2, 0.25) is 0 Å². The fourth-order valence-corrected chi connectivity index (χ4v) is 2.56. The molecule has 3 heteroatoms. The molecule has 0 saturated carbocycles. The second-order valence-corrected chi connectivity index (χ2v) is 5.12. The molecule has 1 aromatic heterocycles. The van der Waals surface area contributed by atoms with Gasteiger partial charge in [0.15, 0.2) is 0 Å². The minimum absolute atomic E-state index is 0.00620. The highest BCUT2D eigenvalue weighted by atomic mass is 16.5. The summed E-state index contributed by atoms with van der Waals surface area (Å²) in [5.74, 6) is 0.267. The van der Waals surface area contributed by atoms with Gasteiger partial charge in [0.1, 0.15) is 0 Å². The van der Waals surface area contributed by atoms with Crippen molar-refractivity contribution in [1.29, 1.82) is 0 Å². The highest BCUT2D eigenvalue weighted by Crippen LogP contribution is 2.30. The molecule has 0 spiro atoms. The van der Waals surface area contributed by atoms with Crippen LogP contribution in [0.2, 0.25) is 0 Å². The normalized spacial score (nSPS) is 16.9. The third-order valence-electron chi connectivity index (χ3n) is 3.90. The Morgan fingerprint density at radius 1 is 1.05 bits per heavy atom. The predicted octanol–water partition coefficient (Wildman–Crippen LogP) is 2.92. The highest BCUT2D eigenvalue weighted by molar-refractivity contribution is 5.36. The Kier molecular flexibility index (Phi) is 3.32. The van der Waals surface area contributed by atoms with E-state index in [9.17, 15) is 0 Å². The molecule has 0 bridgehead atoms. The lowest BCUT2D eigenvalue weighted by Crippen LogP contribution is -2.18. The van der Waals surface area contributed by atoms with Crippen LogP contribution in [0, 0.1) is 0 Å². The number of pyridine rings is 1. The number of nitrogens with zero attached hydrogens (tertiary/aromatic N) is 1. The minimum atomic E-state index is -0.00620. The summed E-state index contributed by atoms with van der Waals surface area (Å²) >= 11 is 0. The SMILES string of the molecule is CC(c1ccncc1)C(N)c1ccc2c(c1)COC2. The molecule has 0 aliphatic carbocycles. The lowest BCUT2D eigenvalue weighted by Gasteiger charge is -2.21. The number of ether oxygens (including phenoxy) is 1. The van der Waals surface area contributed by atoms with E-state index in [4.69, 9.17) is 10.5 Å². The van der Waals surface area contributed by atoms with Crippen molar-refractivity contribution >= 4 is 0 Å². The molecule has 2 atom stereocenters. The summed E-state index contributed by atoms with van der Waals surface area (Å²) in [5.41, 5.74) is 11.4. The van der Waals surface area contributed by atoms with Crippen molar-refractivity contribution in [2.45, 2.75) is 32.1 Å². The molecule has 3 nitrogen and oxygen atoms in total. The maximum atomic E-state index is 6.40. The summed E-state index contributed by atoms with van der Waals surface area (Å²) in [6.07, 6.45) is 3.63. The number of aromatic nitrogens is 1. The molecule has 1 aliphatic rings. The third kappa shape index (κ3) is 2.39. The predicted molar refractivity (Wildman–Crippen MR) is 74.5 cm³/mol. The number of hydrogen-bond acceptors (Lipinski definition) is 3. The molecule has 1 aromatic carbocycles. The monoisotopic (exact) mass is 254 g/mol. The van der Waals surface area contributed by atoms with Crippen LogP contribution in [0.1, 0.15) is 41.1 Å². The Bertz CT molecular complexity index is 568. The van der Waals surface area contributed by atoms with Crippen LogP contribution >= 0.6 is 0 Å². The van der Waals surface area contributed by atoms with Crippen molar-refractivity contribution in [2.24, 2.45) is 5.73 Å². The second kappa shape index (κ2) is 5.11. The average molecular weight is 254 g/mol. The van der Waals surface area contributed by atoms with Gasteiger partial charge in [-0.2, -0.15) is 0 Å². The van der Waals surface area contributed by atoms with Gasteiger partial charge in [0.25, 0.3) is 0 Å². The van der Waals surface area contributed by atoms with E-state index in [0.717, 1.165) is 6.61 Å². The van der Waals surface area contributed by atoms with Crippen LogP contribution in [0.25, 0.3) is 0 Å². The lowest BCUT2D eigenvalue weighted by atomic mass is 9.88. The first-order chi connectivity index (χ1) is 9.25. The van der Waals surface area contributed by atoms with E-state index in [0.29, 0.717) is 6.61 Å². The topological polar surface area (TPSA) is 48.1 Å². The van der Waals surface area contributed by atoms with Crippen LogP contribution in [0.3, 0.4) is 0 Å². The van der Waals surface area contributed by atoms with Gasteiger partial charge in [0, 0.05) is 24.4 Å². The van der Waals surface area contributed by atoms with Gasteiger partial charge in [-0.15, -0.1) is 0 Å². The molecule has 0 saturated heterocycles. The van der Waals surface area contributed by atoms with E-state index in [1.54, 1.807) is 0 Å². The molecular weight excluding hydrogens is 236 g/mol. The number of nitrogens with two attached hydrogens (primary N) is 1. The number of benzene rings is 1. The maximum Gasteiger partial charge on any atom is 0.0725 e. The Hall–Kier alpha value is -1.71. The zero-order chi connectivity index (χ0) is 13.2. The fraction of sp³-hybridized carbons (Fsp3) is 0.312. The highest BCUT2D eigenvalue weighted by Gasteiger charge is 2.19. The molecule has 2 aromatic rings. The smallest absolute Gasteiger partial charge is 0.0725 e. The molecule has 2 N–H and O–H groups in total. The van der Waals surface area contributed by atoms with Gasteiger partial charge in [-0.1, -0.05) is 25.1 Å². The number of rotatable bonds is 3. The Balaban J connectivity index is 1.86. The molecule has 98 valence electrons. The molecule has 1 aliphatic heterocycles. The van der Waals surface area contributed by atoms with Crippen LogP contribution in [0.5, 0.6) is 0 Å².